The van der Waals surface area contributed by atoms with Crippen molar-refractivity contribution < 1.29 is 42.7 Å². The van der Waals surface area contributed by atoms with E-state index in [-0.39, 0.29) is 0 Å². The van der Waals surface area contributed by atoms with Gasteiger partial charge in [0.1, 0.15) is 5.75 Å². The van der Waals surface area contributed by atoms with Crippen LogP contribution in [0.4, 0.5) is 9.59 Å². The summed E-state index contributed by atoms with van der Waals surface area (Å²) >= 11 is 0. The molecule has 0 radical (unpaired) electrons. The molecule has 2 fully saturated rings. The maximum absolute atomic E-state index is 11.5. The average molecular weight is 481 g/mol. The van der Waals surface area contributed by atoms with Crippen molar-refractivity contribution in [3.63, 3.8) is 0 Å². The van der Waals surface area contributed by atoms with E-state index < -0.39 is 31.2 Å². The molecule has 0 spiro atoms. The first-order valence-corrected chi connectivity index (χ1v) is 12.0. The highest BCUT2D eigenvalue weighted by molar-refractivity contribution is 5.61. The van der Waals surface area contributed by atoms with Crippen molar-refractivity contribution in [2.75, 3.05) is 20.8 Å². The number of hydrogen-bond acceptors (Lipinski definition) is 9. The zero-order valence-electron chi connectivity index (χ0n) is 20.2. The molecule has 34 heavy (non-hydrogen) atoms. The predicted molar refractivity (Wildman–Crippen MR) is 121 cm³/mol. The van der Waals surface area contributed by atoms with Crippen LogP contribution in [0.25, 0.3) is 0 Å². The molecule has 0 N–H and O–H groups in total. The fourth-order valence-electron chi connectivity index (χ4n) is 4.51. The summed E-state index contributed by atoms with van der Waals surface area (Å²) in [6, 6.07) is 7.21. The zero-order valence-corrected chi connectivity index (χ0v) is 20.2. The van der Waals surface area contributed by atoms with Crippen molar-refractivity contribution >= 4 is 12.3 Å². The van der Waals surface area contributed by atoms with E-state index in [9.17, 15) is 9.59 Å². The van der Waals surface area contributed by atoms with Crippen molar-refractivity contribution in [3.05, 3.63) is 29.8 Å². The van der Waals surface area contributed by atoms with Crippen molar-refractivity contribution in [2.24, 2.45) is 11.8 Å². The Labute approximate surface area is 200 Å². The van der Waals surface area contributed by atoms with Gasteiger partial charge in [0.15, 0.2) is 6.29 Å². The van der Waals surface area contributed by atoms with Crippen LogP contribution in [0, 0.1) is 11.8 Å². The molecule has 1 aliphatic carbocycles. The van der Waals surface area contributed by atoms with Crippen LogP contribution in [0.2, 0.25) is 0 Å². The van der Waals surface area contributed by atoms with Gasteiger partial charge >= 0.3 is 12.3 Å². The van der Waals surface area contributed by atoms with Crippen LogP contribution in [0.1, 0.15) is 70.1 Å². The average Bonchev–Trinajstić information content (AvgIpc) is 3.25. The Hall–Kier alpha value is -2.52. The van der Waals surface area contributed by atoms with Crippen molar-refractivity contribution in [2.45, 2.75) is 77.2 Å². The SMILES string of the molecule is CCC[C@H]1CC[C@H](CCCOc2ccc(C3O[C@H](OC(=O)OC)[C@@H](OC(=O)OC)O3)cc2)CC1. The summed E-state index contributed by atoms with van der Waals surface area (Å²) in [6.07, 6.45) is 4.87. The first-order valence-electron chi connectivity index (χ1n) is 12.0. The Morgan fingerprint density at radius 1 is 0.853 bits per heavy atom. The van der Waals surface area contributed by atoms with E-state index in [1.165, 1.54) is 44.9 Å². The minimum Gasteiger partial charge on any atom is -0.494 e. The maximum Gasteiger partial charge on any atom is 0.510 e. The minimum atomic E-state index is -1.30. The lowest BCUT2D eigenvalue weighted by atomic mass is 9.78. The Balaban J connectivity index is 1.43. The van der Waals surface area contributed by atoms with Crippen LogP contribution < -0.4 is 4.74 Å². The third kappa shape index (κ3) is 7.77. The first kappa shape index (κ1) is 26.1. The number of carbonyl (C=O) groups is 2. The van der Waals surface area contributed by atoms with Crippen LogP contribution in [0.15, 0.2) is 24.3 Å². The fraction of sp³-hybridized carbons (Fsp3) is 0.680. The molecule has 1 aromatic carbocycles. The molecule has 1 aromatic rings. The van der Waals surface area contributed by atoms with Gasteiger partial charge in [-0.05, 0) is 36.8 Å². The van der Waals surface area contributed by atoms with E-state index in [2.05, 4.69) is 16.4 Å². The van der Waals surface area contributed by atoms with Gasteiger partial charge < -0.3 is 33.2 Å². The van der Waals surface area contributed by atoms with E-state index in [0.717, 1.165) is 38.2 Å². The van der Waals surface area contributed by atoms with Gasteiger partial charge in [-0.2, -0.15) is 0 Å². The molecule has 1 heterocycles. The van der Waals surface area contributed by atoms with E-state index in [1.54, 1.807) is 12.1 Å². The third-order valence-electron chi connectivity index (χ3n) is 6.34. The Morgan fingerprint density at radius 3 is 1.88 bits per heavy atom. The van der Waals surface area contributed by atoms with Crippen LogP contribution in [0.3, 0.4) is 0 Å². The Bertz CT molecular complexity index is 732. The van der Waals surface area contributed by atoms with Crippen molar-refractivity contribution in [3.8, 4) is 5.75 Å². The first-order chi connectivity index (χ1) is 16.5. The number of carbonyl (C=O) groups excluding carboxylic acids is 2. The van der Waals surface area contributed by atoms with Gasteiger partial charge in [-0.1, -0.05) is 57.6 Å². The molecule has 1 saturated heterocycles. The van der Waals surface area contributed by atoms with Crippen LogP contribution in [-0.2, 0) is 28.4 Å². The summed E-state index contributed by atoms with van der Waals surface area (Å²) in [5.41, 5.74) is 0.644. The van der Waals surface area contributed by atoms with Gasteiger partial charge in [-0.15, -0.1) is 0 Å². The normalized spacial score (nSPS) is 24.9. The Morgan fingerprint density at radius 2 is 1.38 bits per heavy atom. The third-order valence-corrected chi connectivity index (χ3v) is 6.34. The van der Waals surface area contributed by atoms with Gasteiger partial charge in [0, 0.05) is 5.56 Å². The number of methoxy groups -OCH3 is 2. The summed E-state index contributed by atoms with van der Waals surface area (Å²) in [5.74, 6) is 2.52. The lowest BCUT2D eigenvalue weighted by Gasteiger charge is -2.28. The monoisotopic (exact) mass is 480 g/mol. The molecule has 0 amide bonds. The number of benzene rings is 1. The summed E-state index contributed by atoms with van der Waals surface area (Å²) in [7, 11) is 2.31. The molecule has 9 heteroatoms. The van der Waals surface area contributed by atoms with Gasteiger partial charge in [-0.25, -0.2) is 9.59 Å². The van der Waals surface area contributed by atoms with Crippen molar-refractivity contribution in [1.82, 2.24) is 0 Å². The van der Waals surface area contributed by atoms with E-state index in [4.69, 9.17) is 23.7 Å². The largest absolute Gasteiger partial charge is 0.510 e. The van der Waals surface area contributed by atoms with E-state index >= 15 is 0 Å². The molecule has 0 unspecified atom stereocenters. The number of rotatable bonds is 10. The molecular weight excluding hydrogens is 444 g/mol. The molecule has 1 saturated carbocycles. The lowest BCUT2D eigenvalue weighted by molar-refractivity contribution is -0.156. The van der Waals surface area contributed by atoms with E-state index in [0.29, 0.717) is 12.2 Å². The fourth-order valence-corrected chi connectivity index (χ4v) is 4.51. The van der Waals surface area contributed by atoms with Gasteiger partial charge in [0.25, 0.3) is 12.6 Å². The molecule has 0 aromatic heterocycles. The van der Waals surface area contributed by atoms with Crippen LogP contribution in [0.5, 0.6) is 5.75 Å². The molecule has 2 atom stereocenters. The second-order valence-electron chi connectivity index (χ2n) is 8.72. The number of ether oxygens (including phenoxy) is 7. The minimum absolute atomic E-state index is 0.644. The van der Waals surface area contributed by atoms with Gasteiger partial charge in [0.2, 0.25) is 0 Å². The molecule has 2 aliphatic rings. The van der Waals surface area contributed by atoms with Crippen molar-refractivity contribution in [1.29, 1.82) is 0 Å². The predicted octanol–water partition coefficient (Wildman–Crippen LogP) is 5.72. The molecule has 190 valence electrons. The molecule has 9 nitrogen and oxygen atoms in total. The highest BCUT2D eigenvalue weighted by Gasteiger charge is 2.43. The van der Waals surface area contributed by atoms with Crippen LogP contribution in [-0.4, -0.2) is 45.7 Å². The molecule has 1 aliphatic heterocycles. The molecule has 0 bridgehead atoms. The topological polar surface area (TPSA) is 98.8 Å². The second kappa shape index (κ2) is 13.4. The standard InChI is InChI=1S/C25H36O9/c1-4-6-17-8-10-18(11-9-17)7-5-16-30-20-14-12-19(13-15-20)21-31-22(33-24(26)28-2)23(32-21)34-25(27)29-3/h12-15,17-18,21-23H,4-11,16H2,1-3H3/t17-,18-,22-,23-/m1/s1. The lowest BCUT2D eigenvalue weighted by Crippen LogP contribution is -2.32. The zero-order chi connectivity index (χ0) is 24.3. The quantitative estimate of drug-likeness (QED) is 0.308. The van der Waals surface area contributed by atoms with Gasteiger partial charge in [0.05, 0.1) is 20.8 Å². The van der Waals surface area contributed by atoms with Gasteiger partial charge in [-0.3, -0.25) is 0 Å². The maximum atomic E-state index is 11.5. The summed E-state index contributed by atoms with van der Waals surface area (Å²) in [4.78, 5) is 22.9. The highest BCUT2D eigenvalue weighted by atomic mass is 16.9. The smallest absolute Gasteiger partial charge is 0.494 e. The van der Waals surface area contributed by atoms with E-state index in [1.807, 2.05) is 12.1 Å². The summed E-state index contributed by atoms with van der Waals surface area (Å²) < 4.78 is 35.9. The Kier molecular flexibility index (Phi) is 10.3. The second-order valence-corrected chi connectivity index (χ2v) is 8.72. The molecular formula is C25H36O9. The number of hydrogen-bond donors (Lipinski definition) is 0. The summed E-state index contributed by atoms with van der Waals surface area (Å²) in [6.45, 7) is 2.95. The van der Waals surface area contributed by atoms with Crippen LogP contribution >= 0.6 is 0 Å². The highest BCUT2D eigenvalue weighted by Crippen LogP contribution is 2.35. The summed E-state index contributed by atoms with van der Waals surface area (Å²) in [5, 5.41) is 0. The molecule has 3 rings (SSSR count).